The lowest BCUT2D eigenvalue weighted by atomic mass is 9.76. The first-order valence-electron chi connectivity index (χ1n) is 8.72. The lowest BCUT2D eigenvalue weighted by molar-refractivity contribution is -0.147. The molecule has 0 saturated carbocycles. The molecule has 0 aliphatic carbocycles. The third-order valence-corrected chi connectivity index (χ3v) is 5.57. The van der Waals surface area contributed by atoms with Gasteiger partial charge in [0, 0.05) is 26.6 Å². The molecule has 134 valence electrons. The van der Waals surface area contributed by atoms with Crippen LogP contribution in [0.2, 0.25) is 0 Å². The Hall–Kier alpha value is -2.37. The number of carboxylic acid groups (broad SMARTS) is 1. The molecule has 2 aliphatic heterocycles. The van der Waals surface area contributed by atoms with E-state index in [2.05, 4.69) is 0 Å². The van der Waals surface area contributed by atoms with Gasteiger partial charge >= 0.3 is 5.97 Å². The molecule has 3 rings (SSSR count). The third kappa shape index (κ3) is 3.67. The lowest BCUT2D eigenvalue weighted by Gasteiger charge is -2.39. The van der Waals surface area contributed by atoms with Crippen LogP contribution in [0, 0.1) is 5.41 Å². The normalized spacial score (nSPS) is 22.2. The summed E-state index contributed by atoms with van der Waals surface area (Å²) in [6, 6.07) is 8.94. The maximum Gasteiger partial charge on any atom is 0.326 e. The molecule has 1 spiro atoms. The van der Waals surface area contributed by atoms with Gasteiger partial charge in [-0.15, -0.1) is 0 Å². The Morgan fingerprint density at radius 2 is 1.80 bits per heavy atom. The number of aliphatic carboxylic acids is 1. The number of nitrogens with zero attached hydrogens (tertiary/aromatic N) is 2. The van der Waals surface area contributed by atoms with E-state index in [0.717, 1.165) is 18.4 Å². The number of benzene rings is 1. The van der Waals surface area contributed by atoms with E-state index < -0.39 is 12.0 Å². The summed E-state index contributed by atoms with van der Waals surface area (Å²) in [5, 5.41) is 9.39. The van der Waals surface area contributed by atoms with Crippen LogP contribution in [0.15, 0.2) is 30.3 Å². The van der Waals surface area contributed by atoms with Crippen molar-refractivity contribution >= 4 is 17.8 Å². The summed E-state index contributed by atoms with van der Waals surface area (Å²) in [5.41, 5.74) is 0.834. The van der Waals surface area contributed by atoms with Gasteiger partial charge in [-0.3, -0.25) is 9.59 Å². The van der Waals surface area contributed by atoms with Crippen molar-refractivity contribution < 1.29 is 19.5 Å². The molecule has 6 nitrogen and oxygen atoms in total. The van der Waals surface area contributed by atoms with Crippen LogP contribution in [0.5, 0.6) is 0 Å². The molecule has 1 unspecified atom stereocenters. The molecule has 0 radical (unpaired) electrons. The first kappa shape index (κ1) is 17.5. The first-order chi connectivity index (χ1) is 11.9. The minimum atomic E-state index is -0.936. The summed E-state index contributed by atoms with van der Waals surface area (Å²) in [5.74, 6) is -1.02. The van der Waals surface area contributed by atoms with E-state index in [0.29, 0.717) is 32.5 Å². The average molecular weight is 344 g/mol. The zero-order chi connectivity index (χ0) is 18.0. The molecule has 2 amide bonds. The molecular weight excluding hydrogens is 320 g/mol. The quantitative estimate of drug-likeness (QED) is 0.902. The fraction of sp³-hybridized carbons (Fsp3) is 0.526. The van der Waals surface area contributed by atoms with Gasteiger partial charge in [-0.05, 0) is 30.2 Å². The van der Waals surface area contributed by atoms with Gasteiger partial charge in [0.05, 0.1) is 6.42 Å². The summed E-state index contributed by atoms with van der Waals surface area (Å²) >= 11 is 0. The van der Waals surface area contributed by atoms with Crippen molar-refractivity contribution in [3.63, 3.8) is 0 Å². The van der Waals surface area contributed by atoms with E-state index in [1.807, 2.05) is 35.2 Å². The lowest BCUT2D eigenvalue weighted by Crippen LogP contribution is -2.45. The minimum Gasteiger partial charge on any atom is -0.480 e. The number of amides is 2. The number of rotatable bonds is 3. The van der Waals surface area contributed by atoms with Gasteiger partial charge in [0.25, 0.3) is 0 Å². The van der Waals surface area contributed by atoms with E-state index in [1.54, 1.807) is 0 Å². The average Bonchev–Trinajstić information content (AvgIpc) is 2.96. The van der Waals surface area contributed by atoms with Crippen LogP contribution in [0.25, 0.3) is 0 Å². The van der Waals surface area contributed by atoms with E-state index in [-0.39, 0.29) is 17.2 Å². The smallest absolute Gasteiger partial charge is 0.326 e. The topological polar surface area (TPSA) is 77.9 Å². The Labute approximate surface area is 147 Å². The van der Waals surface area contributed by atoms with E-state index >= 15 is 0 Å². The maximum absolute atomic E-state index is 12.5. The molecule has 2 aliphatic rings. The largest absolute Gasteiger partial charge is 0.480 e. The van der Waals surface area contributed by atoms with Crippen molar-refractivity contribution in [2.75, 3.05) is 19.6 Å². The van der Waals surface area contributed by atoms with E-state index in [1.165, 1.54) is 11.8 Å². The van der Waals surface area contributed by atoms with Crippen LogP contribution in [0.4, 0.5) is 0 Å². The highest BCUT2D eigenvalue weighted by Crippen LogP contribution is 2.43. The summed E-state index contributed by atoms with van der Waals surface area (Å²) in [4.78, 5) is 39.0. The predicted molar refractivity (Wildman–Crippen MR) is 91.8 cm³/mol. The molecule has 0 bridgehead atoms. The summed E-state index contributed by atoms with van der Waals surface area (Å²) in [7, 11) is 0. The molecule has 0 aromatic heterocycles. The summed E-state index contributed by atoms with van der Waals surface area (Å²) in [6.45, 7) is 3.17. The third-order valence-electron chi connectivity index (χ3n) is 5.57. The zero-order valence-corrected chi connectivity index (χ0v) is 14.5. The minimum absolute atomic E-state index is 0.109. The van der Waals surface area contributed by atoms with Gasteiger partial charge in [-0.1, -0.05) is 30.3 Å². The fourth-order valence-electron chi connectivity index (χ4n) is 4.08. The molecule has 1 aromatic rings. The van der Waals surface area contributed by atoms with Gasteiger partial charge in [-0.25, -0.2) is 4.79 Å². The standard InChI is InChI=1S/C19H24N2O4/c1-14(22)21-13-19(12-16(21)18(24)25)7-9-20(10-8-19)17(23)11-15-5-3-2-4-6-15/h2-6,16H,7-13H2,1H3,(H,24,25). The molecule has 1 atom stereocenters. The van der Waals surface area contributed by atoms with Crippen molar-refractivity contribution in [2.24, 2.45) is 5.41 Å². The number of carbonyl (C=O) groups excluding carboxylic acids is 2. The number of piperidine rings is 1. The summed E-state index contributed by atoms with van der Waals surface area (Å²) < 4.78 is 0. The number of carboxylic acids is 1. The Bertz CT molecular complexity index is 641. The van der Waals surface area contributed by atoms with E-state index in [4.69, 9.17) is 0 Å². The van der Waals surface area contributed by atoms with Crippen LogP contribution >= 0.6 is 0 Å². The number of hydrogen-bond acceptors (Lipinski definition) is 3. The Balaban J connectivity index is 1.61. The number of hydrogen-bond donors (Lipinski definition) is 1. The van der Waals surface area contributed by atoms with E-state index in [9.17, 15) is 19.5 Å². The first-order valence-corrected chi connectivity index (χ1v) is 8.72. The van der Waals surface area contributed by atoms with Crippen molar-refractivity contribution in [2.45, 2.75) is 38.6 Å². The molecular formula is C19H24N2O4. The molecule has 2 fully saturated rings. The van der Waals surface area contributed by atoms with Crippen LogP contribution in [-0.4, -0.2) is 58.4 Å². The highest BCUT2D eigenvalue weighted by Gasteiger charge is 2.49. The summed E-state index contributed by atoms with van der Waals surface area (Å²) in [6.07, 6.45) is 2.38. The second-order valence-corrected chi connectivity index (χ2v) is 7.25. The molecule has 1 N–H and O–H groups in total. The maximum atomic E-state index is 12.5. The number of carbonyl (C=O) groups is 3. The van der Waals surface area contributed by atoms with Crippen LogP contribution in [0.3, 0.4) is 0 Å². The van der Waals surface area contributed by atoms with Gasteiger partial charge in [0.1, 0.15) is 6.04 Å². The highest BCUT2D eigenvalue weighted by atomic mass is 16.4. The monoisotopic (exact) mass is 344 g/mol. The Kier molecular flexibility index (Phi) is 4.79. The van der Waals surface area contributed by atoms with Crippen molar-refractivity contribution in [1.82, 2.24) is 9.80 Å². The van der Waals surface area contributed by atoms with Gasteiger partial charge in [-0.2, -0.15) is 0 Å². The second kappa shape index (κ2) is 6.86. The molecule has 1 aromatic carbocycles. The number of likely N-dealkylation sites (tertiary alicyclic amines) is 2. The van der Waals surface area contributed by atoms with Crippen molar-refractivity contribution in [3.05, 3.63) is 35.9 Å². The van der Waals surface area contributed by atoms with Crippen LogP contribution in [0.1, 0.15) is 31.7 Å². The SMILES string of the molecule is CC(=O)N1CC2(CCN(C(=O)Cc3ccccc3)CC2)CC1C(=O)O. The molecule has 6 heteroatoms. The van der Waals surface area contributed by atoms with Crippen molar-refractivity contribution in [1.29, 1.82) is 0 Å². The van der Waals surface area contributed by atoms with Gasteiger partial charge in [0.2, 0.25) is 11.8 Å². The van der Waals surface area contributed by atoms with Gasteiger partial charge < -0.3 is 14.9 Å². The van der Waals surface area contributed by atoms with Crippen LogP contribution in [-0.2, 0) is 20.8 Å². The van der Waals surface area contributed by atoms with Crippen molar-refractivity contribution in [3.8, 4) is 0 Å². The Morgan fingerprint density at radius 1 is 1.16 bits per heavy atom. The fourth-order valence-corrected chi connectivity index (χ4v) is 4.08. The molecule has 2 heterocycles. The molecule has 2 saturated heterocycles. The van der Waals surface area contributed by atoms with Crippen LogP contribution < -0.4 is 0 Å². The zero-order valence-electron chi connectivity index (χ0n) is 14.5. The second-order valence-electron chi connectivity index (χ2n) is 7.25. The highest BCUT2D eigenvalue weighted by molar-refractivity contribution is 5.83. The Morgan fingerprint density at radius 3 is 2.32 bits per heavy atom. The van der Waals surface area contributed by atoms with Gasteiger partial charge in [0.15, 0.2) is 0 Å². The predicted octanol–water partition coefficient (Wildman–Crippen LogP) is 1.54. The molecule has 25 heavy (non-hydrogen) atoms.